The highest BCUT2D eigenvalue weighted by atomic mass is 32.1. The highest BCUT2D eigenvalue weighted by Crippen LogP contribution is 2.18. The molecule has 0 aromatic carbocycles. The van der Waals surface area contributed by atoms with Gasteiger partial charge in [-0.15, -0.1) is 11.3 Å². The van der Waals surface area contributed by atoms with Crippen molar-refractivity contribution in [3.63, 3.8) is 0 Å². The number of likely N-dealkylation sites (tertiary alicyclic amines) is 1. The van der Waals surface area contributed by atoms with Crippen LogP contribution in [0.3, 0.4) is 0 Å². The van der Waals surface area contributed by atoms with Crippen molar-refractivity contribution in [2.24, 2.45) is 5.73 Å². The van der Waals surface area contributed by atoms with Crippen LogP contribution in [0.2, 0.25) is 0 Å². The van der Waals surface area contributed by atoms with Gasteiger partial charge in [0.05, 0.1) is 12.8 Å². The van der Waals surface area contributed by atoms with Gasteiger partial charge < -0.3 is 15.4 Å². The molecule has 2 heterocycles. The number of aromatic nitrogens is 1. The van der Waals surface area contributed by atoms with Gasteiger partial charge in [0.2, 0.25) is 5.01 Å². The Morgan fingerprint density at radius 3 is 3.06 bits per heavy atom. The fraction of sp³-hybridized carbons (Fsp3) is 0.545. The standard InChI is InChI=1S/C11H15N3O3S/c1-2-17-11(16)9-13-5-8(18-9)10(15)14-4-3-7(12)6-14/h5,7H,2-4,6,12H2,1H3. The van der Waals surface area contributed by atoms with E-state index in [-0.39, 0.29) is 17.0 Å². The van der Waals surface area contributed by atoms with Crippen LogP contribution in [0.5, 0.6) is 0 Å². The van der Waals surface area contributed by atoms with Crippen LogP contribution in [0, 0.1) is 0 Å². The summed E-state index contributed by atoms with van der Waals surface area (Å²) in [5.41, 5.74) is 5.75. The number of ether oxygens (including phenoxy) is 1. The molecule has 1 aromatic heterocycles. The third-order valence-corrected chi connectivity index (χ3v) is 3.64. The summed E-state index contributed by atoms with van der Waals surface area (Å²) in [6, 6.07) is 0.0476. The van der Waals surface area contributed by atoms with Crippen LogP contribution in [0.25, 0.3) is 0 Å². The third-order valence-electron chi connectivity index (χ3n) is 2.68. The zero-order valence-electron chi connectivity index (χ0n) is 10.1. The first kappa shape index (κ1) is 13.0. The van der Waals surface area contributed by atoms with Gasteiger partial charge in [0.1, 0.15) is 4.88 Å². The number of carbonyl (C=O) groups excluding carboxylic acids is 2. The van der Waals surface area contributed by atoms with Crippen molar-refractivity contribution in [3.05, 3.63) is 16.1 Å². The zero-order chi connectivity index (χ0) is 13.1. The molecule has 1 saturated heterocycles. The monoisotopic (exact) mass is 269 g/mol. The molecule has 2 rings (SSSR count). The van der Waals surface area contributed by atoms with Crippen LogP contribution in [-0.4, -0.2) is 47.5 Å². The maximum Gasteiger partial charge on any atom is 0.367 e. The number of hydrogen-bond donors (Lipinski definition) is 1. The first-order chi connectivity index (χ1) is 8.61. The van der Waals surface area contributed by atoms with Crippen molar-refractivity contribution in [3.8, 4) is 0 Å². The van der Waals surface area contributed by atoms with Crippen LogP contribution in [0.15, 0.2) is 6.20 Å². The summed E-state index contributed by atoms with van der Waals surface area (Å²) >= 11 is 1.06. The molecular formula is C11H15N3O3S. The van der Waals surface area contributed by atoms with Crippen molar-refractivity contribution in [2.75, 3.05) is 19.7 Å². The van der Waals surface area contributed by atoms with E-state index in [9.17, 15) is 9.59 Å². The second-order valence-corrected chi connectivity index (χ2v) is 5.08. The summed E-state index contributed by atoms with van der Waals surface area (Å²) in [4.78, 5) is 29.6. The Morgan fingerprint density at radius 2 is 2.44 bits per heavy atom. The highest BCUT2D eigenvalue weighted by molar-refractivity contribution is 7.15. The van der Waals surface area contributed by atoms with E-state index >= 15 is 0 Å². The van der Waals surface area contributed by atoms with E-state index in [1.807, 2.05) is 0 Å². The maximum atomic E-state index is 12.1. The van der Waals surface area contributed by atoms with Gasteiger partial charge in [-0.1, -0.05) is 0 Å². The topological polar surface area (TPSA) is 85.5 Å². The smallest absolute Gasteiger partial charge is 0.367 e. The van der Waals surface area contributed by atoms with Crippen LogP contribution in [0.1, 0.15) is 32.8 Å². The Kier molecular flexibility index (Phi) is 3.93. The lowest BCUT2D eigenvalue weighted by Crippen LogP contribution is -2.31. The molecule has 0 bridgehead atoms. The van der Waals surface area contributed by atoms with E-state index in [4.69, 9.17) is 10.5 Å². The van der Waals surface area contributed by atoms with E-state index in [2.05, 4.69) is 4.98 Å². The SMILES string of the molecule is CCOC(=O)c1ncc(C(=O)N2CCC(N)C2)s1. The normalized spacial score (nSPS) is 19.0. The molecule has 2 N–H and O–H groups in total. The summed E-state index contributed by atoms with van der Waals surface area (Å²) in [5, 5.41) is 0.212. The number of hydrogen-bond acceptors (Lipinski definition) is 6. The second-order valence-electron chi connectivity index (χ2n) is 4.05. The second kappa shape index (κ2) is 5.45. The fourth-order valence-electron chi connectivity index (χ4n) is 1.79. The molecule has 0 aliphatic carbocycles. The minimum Gasteiger partial charge on any atom is -0.461 e. The number of amides is 1. The number of thiazole rings is 1. The highest BCUT2D eigenvalue weighted by Gasteiger charge is 2.26. The molecule has 18 heavy (non-hydrogen) atoms. The van der Waals surface area contributed by atoms with E-state index in [0.29, 0.717) is 24.6 Å². The lowest BCUT2D eigenvalue weighted by molar-refractivity contribution is 0.0525. The summed E-state index contributed by atoms with van der Waals surface area (Å²) in [5.74, 6) is -0.601. The first-order valence-corrected chi connectivity index (χ1v) is 6.61. The Bertz CT molecular complexity index is 460. The Morgan fingerprint density at radius 1 is 1.67 bits per heavy atom. The molecule has 1 aliphatic rings. The van der Waals surface area contributed by atoms with Crippen LogP contribution >= 0.6 is 11.3 Å². The molecule has 1 unspecified atom stereocenters. The van der Waals surface area contributed by atoms with Crippen LogP contribution in [-0.2, 0) is 4.74 Å². The predicted octanol–water partition coefficient (Wildman–Crippen LogP) is 0.493. The van der Waals surface area contributed by atoms with Gasteiger partial charge in [0.15, 0.2) is 0 Å². The van der Waals surface area contributed by atoms with Crippen molar-refractivity contribution >= 4 is 23.2 Å². The molecule has 0 spiro atoms. The summed E-state index contributed by atoms with van der Waals surface area (Å²) in [7, 11) is 0. The average molecular weight is 269 g/mol. The minimum atomic E-state index is -0.486. The number of nitrogens with two attached hydrogens (primary N) is 1. The molecule has 1 amide bonds. The molecule has 1 atom stereocenters. The molecule has 6 nitrogen and oxygen atoms in total. The molecule has 7 heteroatoms. The van der Waals surface area contributed by atoms with Gasteiger partial charge in [-0.2, -0.15) is 0 Å². The van der Waals surface area contributed by atoms with E-state index in [0.717, 1.165) is 17.8 Å². The fourth-order valence-corrected chi connectivity index (χ4v) is 2.57. The lowest BCUT2D eigenvalue weighted by atomic mass is 10.3. The molecule has 1 aliphatic heterocycles. The molecule has 1 aromatic rings. The van der Waals surface area contributed by atoms with Gasteiger partial charge in [-0.25, -0.2) is 9.78 Å². The van der Waals surface area contributed by atoms with Crippen LogP contribution < -0.4 is 5.73 Å². The van der Waals surface area contributed by atoms with Crippen molar-refractivity contribution in [2.45, 2.75) is 19.4 Å². The number of carbonyl (C=O) groups is 2. The van der Waals surface area contributed by atoms with Gasteiger partial charge >= 0.3 is 5.97 Å². The minimum absolute atomic E-state index is 0.0476. The number of rotatable bonds is 3. The summed E-state index contributed by atoms with van der Waals surface area (Å²) in [6.45, 7) is 3.24. The Labute approximate surface area is 109 Å². The molecule has 0 radical (unpaired) electrons. The molecule has 0 saturated carbocycles. The van der Waals surface area contributed by atoms with E-state index in [1.165, 1.54) is 6.20 Å². The quantitative estimate of drug-likeness (QED) is 0.807. The largest absolute Gasteiger partial charge is 0.461 e. The maximum absolute atomic E-state index is 12.1. The van der Waals surface area contributed by atoms with E-state index < -0.39 is 5.97 Å². The van der Waals surface area contributed by atoms with Gasteiger partial charge in [-0.3, -0.25) is 4.79 Å². The molecule has 98 valence electrons. The summed E-state index contributed by atoms with van der Waals surface area (Å²) < 4.78 is 4.83. The Balaban J connectivity index is 2.05. The number of esters is 1. The van der Waals surface area contributed by atoms with Crippen molar-refractivity contribution < 1.29 is 14.3 Å². The summed E-state index contributed by atoms with van der Waals surface area (Å²) in [6.07, 6.45) is 2.23. The average Bonchev–Trinajstić information content (AvgIpc) is 2.97. The van der Waals surface area contributed by atoms with Crippen molar-refractivity contribution in [1.82, 2.24) is 9.88 Å². The first-order valence-electron chi connectivity index (χ1n) is 5.79. The predicted molar refractivity (Wildman–Crippen MR) is 66.6 cm³/mol. The zero-order valence-corrected chi connectivity index (χ0v) is 10.9. The molecule has 1 fully saturated rings. The van der Waals surface area contributed by atoms with Crippen LogP contribution in [0.4, 0.5) is 0 Å². The number of nitrogens with zero attached hydrogens (tertiary/aromatic N) is 2. The van der Waals surface area contributed by atoms with Gasteiger partial charge in [0, 0.05) is 19.1 Å². The van der Waals surface area contributed by atoms with Crippen molar-refractivity contribution in [1.29, 1.82) is 0 Å². The lowest BCUT2D eigenvalue weighted by Gasteiger charge is -2.13. The van der Waals surface area contributed by atoms with Gasteiger partial charge in [-0.05, 0) is 13.3 Å². The molecular weight excluding hydrogens is 254 g/mol. The van der Waals surface area contributed by atoms with Gasteiger partial charge in [0.25, 0.3) is 5.91 Å². The Hall–Kier alpha value is -1.47. The van der Waals surface area contributed by atoms with E-state index in [1.54, 1.807) is 11.8 Å². The third kappa shape index (κ3) is 2.68.